The largest absolute Gasteiger partial charge is 0.497 e. The van der Waals surface area contributed by atoms with Crippen LogP contribution in [0.4, 0.5) is 0 Å². The average Bonchev–Trinajstić information content (AvgIpc) is 2.65. The summed E-state index contributed by atoms with van der Waals surface area (Å²) in [4.78, 5) is 11.7. The van der Waals surface area contributed by atoms with Crippen LogP contribution in [0.15, 0.2) is 24.3 Å². The lowest BCUT2D eigenvalue weighted by molar-refractivity contribution is -0.188. The molecule has 1 N–H and O–H groups in total. The Balaban J connectivity index is 2.01. The van der Waals surface area contributed by atoms with Crippen molar-refractivity contribution in [3.8, 4) is 11.5 Å². The number of carbonyl (C=O) groups excluding carboxylic acids is 1. The number of hydrogen-bond acceptors (Lipinski definition) is 6. The van der Waals surface area contributed by atoms with E-state index in [0.717, 1.165) is 17.9 Å². The lowest BCUT2D eigenvalue weighted by Gasteiger charge is -2.46. The normalized spacial score (nSPS) is 25.5. The molecule has 1 fully saturated rings. The molecule has 0 bridgehead atoms. The van der Waals surface area contributed by atoms with E-state index in [0.29, 0.717) is 12.8 Å². The predicted molar refractivity (Wildman–Crippen MR) is 102 cm³/mol. The molecule has 0 aromatic heterocycles. The molecule has 6 nitrogen and oxygen atoms in total. The molecule has 1 aliphatic heterocycles. The number of aliphatic hydroxyl groups is 1. The van der Waals surface area contributed by atoms with Gasteiger partial charge in [-0.05, 0) is 30.7 Å². The van der Waals surface area contributed by atoms with Gasteiger partial charge in [0.2, 0.25) is 0 Å². The Morgan fingerprint density at radius 1 is 1.26 bits per heavy atom. The van der Waals surface area contributed by atoms with Crippen LogP contribution in [0.1, 0.15) is 46.5 Å². The fraction of sp³-hybridized carbons (Fsp3) is 0.667. The summed E-state index contributed by atoms with van der Waals surface area (Å²) in [5, 5.41) is 10.6. The highest BCUT2D eigenvalue weighted by Crippen LogP contribution is 2.39. The second-order valence-electron chi connectivity index (χ2n) is 7.66. The minimum absolute atomic E-state index is 0.0458. The quantitative estimate of drug-likeness (QED) is 0.697. The van der Waals surface area contributed by atoms with Crippen LogP contribution in [0.2, 0.25) is 0 Å². The van der Waals surface area contributed by atoms with E-state index in [1.165, 1.54) is 7.11 Å². The van der Waals surface area contributed by atoms with E-state index in [4.69, 9.17) is 18.9 Å². The van der Waals surface area contributed by atoms with Crippen LogP contribution in [0.3, 0.4) is 0 Å². The fourth-order valence-electron chi connectivity index (χ4n) is 3.37. The molecule has 27 heavy (non-hydrogen) atoms. The van der Waals surface area contributed by atoms with Crippen LogP contribution in [0.5, 0.6) is 11.5 Å². The summed E-state index contributed by atoms with van der Waals surface area (Å²) in [6.45, 7) is 5.91. The highest BCUT2D eigenvalue weighted by molar-refractivity contribution is 5.69. The third kappa shape index (κ3) is 5.59. The summed E-state index contributed by atoms with van der Waals surface area (Å²) in [5.41, 5.74) is -0.511. The van der Waals surface area contributed by atoms with E-state index in [-0.39, 0.29) is 24.6 Å². The van der Waals surface area contributed by atoms with Gasteiger partial charge >= 0.3 is 5.97 Å². The zero-order valence-corrected chi connectivity index (χ0v) is 16.9. The molecule has 4 atom stereocenters. The number of esters is 1. The topological polar surface area (TPSA) is 74.2 Å². The molecule has 0 spiro atoms. The molecule has 1 aliphatic rings. The van der Waals surface area contributed by atoms with E-state index >= 15 is 0 Å². The van der Waals surface area contributed by atoms with Gasteiger partial charge in [0.15, 0.2) is 0 Å². The average molecular weight is 380 g/mol. The standard InChI is InChI=1S/C21H32O6/c1-6-14(26-16-9-7-15(24-4)8-10-16)11-17-12-18(22)21(2,3)19(27-17)13-20(23)25-5/h7-10,14,17-19,22H,6,11-13H2,1-5H3/t14-,17-,18-,19+/m1/s1. The zero-order chi connectivity index (χ0) is 20.0. The molecule has 6 heteroatoms. The van der Waals surface area contributed by atoms with Gasteiger partial charge in [-0.2, -0.15) is 0 Å². The maximum absolute atomic E-state index is 11.7. The summed E-state index contributed by atoms with van der Waals surface area (Å²) < 4.78 is 22.2. The maximum atomic E-state index is 11.7. The van der Waals surface area contributed by atoms with Crippen molar-refractivity contribution in [3.63, 3.8) is 0 Å². The lowest BCUT2D eigenvalue weighted by Crippen LogP contribution is -2.51. The SMILES string of the molecule is CC[C@H](C[C@@H]1C[C@@H](O)C(C)(C)[C@H](CC(=O)OC)O1)Oc1ccc(OC)cc1. The molecule has 1 aromatic carbocycles. The van der Waals surface area contributed by atoms with Gasteiger partial charge in [0.25, 0.3) is 0 Å². The minimum atomic E-state index is -0.551. The van der Waals surface area contributed by atoms with Gasteiger partial charge in [-0.1, -0.05) is 20.8 Å². The van der Waals surface area contributed by atoms with Crippen LogP contribution >= 0.6 is 0 Å². The Labute approximate surface area is 161 Å². The van der Waals surface area contributed by atoms with Crippen molar-refractivity contribution in [1.29, 1.82) is 0 Å². The van der Waals surface area contributed by atoms with Crippen LogP contribution in [-0.4, -0.2) is 49.7 Å². The molecule has 0 saturated carbocycles. The van der Waals surface area contributed by atoms with E-state index in [2.05, 4.69) is 6.92 Å². The van der Waals surface area contributed by atoms with Crippen molar-refractivity contribution in [1.82, 2.24) is 0 Å². The Kier molecular flexibility index (Phi) is 7.50. The monoisotopic (exact) mass is 380 g/mol. The molecule has 0 unspecified atom stereocenters. The summed E-state index contributed by atoms with van der Waals surface area (Å²) in [7, 11) is 2.99. The van der Waals surface area contributed by atoms with Crippen LogP contribution in [-0.2, 0) is 14.3 Å². The minimum Gasteiger partial charge on any atom is -0.497 e. The van der Waals surface area contributed by atoms with Crippen molar-refractivity contribution < 1.29 is 28.8 Å². The number of rotatable bonds is 8. The van der Waals surface area contributed by atoms with E-state index in [9.17, 15) is 9.90 Å². The molecular formula is C21H32O6. The van der Waals surface area contributed by atoms with Gasteiger partial charge in [0.05, 0.1) is 39.0 Å². The summed E-state index contributed by atoms with van der Waals surface area (Å²) in [6, 6.07) is 7.47. The molecule has 1 saturated heterocycles. The first kappa shape index (κ1) is 21.5. The first-order valence-corrected chi connectivity index (χ1v) is 9.51. The van der Waals surface area contributed by atoms with E-state index in [1.807, 2.05) is 38.1 Å². The third-order valence-electron chi connectivity index (χ3n) is 5.45. The van der Waals surface area contributed by atoms with Gasteiger partial charge in [0, 0.05) is 18.3 Å². The Hall–Kier alpha value is -1.79. The Morgan fingerprint density at radius 2 is 1.89 bits per heavy atom. The summed E-state index contributed by atoms with van der Waals surface area (Å²) in [6.07, 6.45) is 0.948. The van der Waals surface area contributed by atoms with Crippen molar-refractivity contribution in [2.75, 3.05) is 14.2 Å². The summed E-state index contributed by atoms with van der Waals surface area (Å²) in [5.74, 6) is 1.22. The number of ether oxygens (including phenoxy) is 4. The van der Waals surface area contributed by atoms with Gasteiger partial charge in [-0.15, -0.1) is 0 Å². The molecule has 2 rings (SSSR count). The summed E-state index contributed by atoms with van der Waals surface area (Å²) >= 11 is 0. The molecule has 0 amide bonds. The number of benzene rings is 1. The second kappa shape index (κ2) is 9.42. The van der Waals surface area contributed by atoms with E-state index < -0.39 is 17.6 Å². The first-order chi connectivity index (χ1) is 12.8. The van der Waals surface area contributed by atoms with Gasteiger partial charge < -0.3 is 24.1 Å². The number of hydrogen-bond donors (Lipinski definition) is 1. The lowest BCUT2D eigenvalue weighted by atomic mass is 9.74. The van der Waals surface area contributed by atoms with Gasteiger partial charge in [0.1, 0.15) is 17.6 Å². The Bertz CT molecular complexity index is 597. The molecule has 0 radical (unpaired) electrons. The highest BCUT2D eigenvalue weighted by atomic mass is 16.5. The zero-order valence-electron chi connectivity index (χ0n) is 16.9. The third-order valence-corrected chi connectivity index (χ3v) is 5.45. The number of carbonyl (C=O) groups is 1. The van der Waals surface area contributed by atoms with Crippen molar-refractivity contribution in [2.45, 2.75) is 70.9 Å². The number of methoxy groups -OCH3 is 2. The maximum Gasteiger partial charge on any atom is 0.308 e. The Morgan fingerprint density at radius 3 is 2.44 bits per heavy atom. The fourth-order valence-corrected chi connectivity index (χ4v) is 3.37. The second-order valence-corrected chi connectivity index (χ2v) is 7.66. The van der Waals surface area contributed by atoms with Crippen molar-refractivity contribution in [3.05, 3.63) is 24.3 Å². The molecule has 1 aromatic rings. The smallest absolute Gasteiger partial charge is 0.308 e. The first-order valence-electron chi connectivity index (χ1n) is 9.51. The molecule has 152 valence electrons. The van der Waals surface area contributed by atoms with Gasteiger partial charge in [-0.25, -0.2) is 0 Å². The van der Waals surface area contributed by atoms with E-state index in [1.54, 1.807) is 7.11 Å². The van der Waals surface area contributed by atoms with Gasteiger partial charge in [-0.3, -0.25) is 4.79 Å². The molecular weight excluding hydrogens is 348 g/mol. The van der Waals surface area contributed by atoms with Crippen LogP contribution in [0.25, 0.3) is 0 Å². The van der Waals surface area contributed by atoms with Crippen LogP contribution < -0.4 is 9.47 Å². The van der Waals surface area contributed by atoms with Crippen LogP contribution in [0, 0.1) is 5.41 Å². The van der Waals surface area contributed by atoms with Crippen molar-refractivity contribution >= 4 is 5.97 Å². The van der Waals surface area contributed by atoms with Crippen molar-refractivity contribution in [2.24, 2.45) is 5.41 Å². The predicted octanol–water partition coefficient (Wildman–Crippen LogP) is 3.35. The number of aliphatic hydroxyl groups excluding tert-OH is 1. The molecule has 1 heterocycles. The molecule has 0 aliphatic carbocycles. The highest BCUT2D eigenvalue weighted by Gasteiger charge is 2.45.